The summed E-state index contributed by atoms with van der Waals surface area (Å²) in [7, 11) is 0. The fourth-order valence-electron chi connectivity index (χ4n) is 2.13. The van der Waals surface area contributed by atoms with E-state index in [1.807, 2.05) is 13.8 Å². The molecule has 0 aliphatic rings. The number of halogens is 2. The summed E-state index contributed by atoms with van der Waals surface area (Å²) in [5, 5.41) is 5.38. The molecule has 0 radical (unpaired) electrons. The molecular formula is C17H24BrFN2O4. The van der Waals surface area contributed by atoms with E-state index in [4.69, 9.17) is 9.47 Å². The van der Waals surface area contributed by atoms with Crippen LogP contribution < -0.4 is 15.4 Å². The van der Waals surface area contributed by atoms with Crippen molar-refractivity contribution in [1.82, 2.24) is 10.6 Å². The maximum Gasteiger partial charge on any atom is 0.407 e. The molecule has 1 aromatic carbocycles. The summed E-state index contributed by atoms with van der Waals surface area (Å²) in [6.45, 7) is 5.95. The Labute approximate surface area is 155 Å². The molecule has 2 amide bonds. The minimum Gasteiger partial charge on any atom is -0.481 e. The standard InChI is InChI=1S/C17H24BrFN2O4/c1-4-24-17(23)21-13(7-11(2)3)9-20-16(22)10-25-15-6-5-12(18)8-14(15)19/h5-6,8,11,13H,4,7,9-10H2,1-3H3,(H,20,22)(H,21,23). The molecule has 0 aromatic heterocycles. The van der Waals surface area contributed by atoms with Crippen LogP contribution in [0.2, 0.25) is 0 Å². The highest BCUT2D eigenvalue weighted by Gasteiger charge is 2.16. The van der Waals surface area contributed by atoms with Crippen molar-refractivity contribution >= 4 is 27.9 Å². The lowest BCUT2D eigenvalue weighted by atomic mass is 10.0. The van der Waals surface area contributed by atoms with Gasteiger partial charge in [-0.1, -0.05) is 29.8 Å². The molecule has 0 saturated carbocycles. The van der Waals surface area contributed by atoms with Crippen molar-refractivity contribution in [3.8, 4) is 5.75 Å². The van der Waals surface area contributed by atoms with Crippen molar-refractivity contribution < 1.29 is 23.5 Å². The summed E-state index contributed by atoms with van der Waals surface area (Å²) >= 11 is 3.15. The minimum atomic E-state index is -0.552. The first kappa shape index (κ1) is 21.2. The Morgan fingerprint density at radius 1 is 1.32 bits per heavy atom. The monoisotopic (exact) mass is 418 g/mol. The zero-order valence-electron chi connectivity index (χ0n) is 14.6. The Morgan fingerprint density at radius 2 is 2.04 bits per heavy atom. The van der Waals surface area contributed by atoms with Crippen molar-refractivity contribution in [1.29, 1.82) is 0 Å². The van der Waals surface area contributed by atoms with Gasteiger partial charge in [-0.15, -0.1) is 0 Å². The normalized spacial score (nSPS) is 11.8. The number of ether oxygens (including phenoxy) is 2. The van der Waals surface area contributed by atoms with E-state index in [1.165, 1.54) is 12.1 Å². The van der Waals surface area contributed by atoms with E-state index in [0.717, 1.165) is 0 Å². The van der Waals surface area contributed by atoms with Gasteiger partial charge >= 0.3 is 6.09 Å². The quantitative estimate of drug-likeness (QED) is 0.645. The molecule has 0 fully saturated rings. The van der Waals surface area contributed by atoms with E-state index < -0.39 is 17.8 Å². The molecule has 6 nitrogen and oxygen atoms in total. The van der Waals surface area contributed by atoms with Gasteiger partial charge in [0.2, 0.25) is 0 Å². The molecule has 1 atom stereocenters. The van der Waals surface area contributed by atoms with Crippen LogP contribution in [0.1, 0.15) is 27.2 Å². The molecule has 1 unspecified atom stereocenters. The van der Waals surface area contributed by atoms with Crippen LogP contribution in [0.15, 0.2) is 22.7 Å². The molecule has 0 aliphatic heterocycles. The van der Waals surface area contributed by atoms with Crippen molar-refractivity contribution in [3.63, 3.8) is 0 Å². The molecule has 0 heterocycles. The fraction of sp³-hybridized carbons (Fsp3) is 0.529. The SMILES string of the molecule is CCOC(=O)NC(CNC(=O)COc1ccc(Br)cc1F)CC(C)C. The summed E-state index contributed by atoms with van der Waals surface area (Å²) in [5.41, 5.74) is 0. The highest BCUT2D eigenvalue weighted by Crippen LogP contribution is 2.21. The molecule has 8 heteroatoms. The average Bonchev–Trinajstić information content (AvgIpc) is 2.51. The van der Waals surface area contributed by atoms with Gasteiger partial charge in [0.15, 0.2) is 18.2 Å². The number of amides is 2. The lowest BCUT2D eigenvalue weighted by Gasteiger charge is -2.20. The first-order chi connectivity index (χ1) is 11.8. The van der Waals surface area contributed by atoms with E-state index >= 15 is 0 Å². The van der Waals surface area contributed by atoms with Crippen LogP contribution in [0, 0.1) is 11.7 Å². The second-order valence-electron chi connectivity index (χ2n) is 5.86. The third-order valence-corrected chi connectivity index (χ3v) is 3.64. The van der Waals surface area contributed by atoms with Crippen LogP contribution in [-0.2, 0) is 9.53 Å². The zero-order valence-corrected chi connectivity index (χ0v) is 16.2. The van der Waals surface area contributed by atoms with E-state index in [2.05, 4.69) is 26.6 Å². The second-order valence-corrected chi connectivity index (χ2v) is 6.77. The lowest BCUT2D eigenvalue weighted by Crippen LogP contribution is -2.45. The van der Waals surface area contributed by atoms with Gasteiger partial charge in [-0.2, -0.15) is 0 Å². The maximum atomic E-state index is 13.6. The molecule has 0 spiro atoms. The van der Waals surface area contributed by atoms with Crippen molar-refractivity contribution in [3.05, 3.63) is 28.5 Å². The van der Waals surface area contributed by atoms with Gasteiger partial charge in [-0.25, -0.2) is 9.18 Å². The Bertz CT molecular complexity index is 584. The van der Waals surface area contributed by atoms with Gasteiger partial charge in [0, 0.05) is 17.1 Å². The van der Waals surface area contributed by atoms with Crippen LogP contribution in [0.5, 0.6) is 5.75 Å². The molecular weight excluding hydrogens is 395 g/mol. The van der Waals surface area contributed by atoms with Gasteiger partial charge < -0.3 is 20.1 Å². The molecule has 0 saturated heterocycles. The van der Waals surface area contributed by atoms with Gasteiger partial charge in [-0.05, 0) is 37.5 Å². The van der Waals surface area contributed by atoms with Crippen LogP contribution in [0.25, 0.3) is 0 Å². The third kappa shape index (κ3) is 8.72. The van der Waals surface area contributed by atoms with E-state index in [-0.39, 0.29) is 31.5 Å². The Balaban J connectivity index is 2.46. The first-order valence-corrected chi connectivity index (χ1v) is 8.89. The highest BCUT2D eigenvalue weighted by molar-refractivity contribution is 9.10. The molecule has 25 heavy (non-hydrogen) atoms. The topological polar surface area (TPSA) is 76.7 Å². The Hall–Kier alpha value is -1.83. The van der Waals surface area contributed by atoms with Gasteiger partial charge in [0.05, 0.1) is 6.61 Å². The average molecular weight is 419 g/mol. The van der Waals surface area contributed by atoms with Crippen molar-refractivity contribution in [2.45, 2.75) is 33.2 Å². The fourth-order valence-corrected chi connectivity index (χ4v) is 2.46. The number of carbonyl (C=O) groups excluding carboxylic acids is 2. The largest absolute Gasteiger partial charge is 0.481 e. The predicted octanol–water partition coefficient (Wildman–Crippen LogP) is 3.24. The van der Waals surface area contributed by atoms with E-state index in [1.54, 1.807) is 13.0 Å². The maximum absolute atomic E-state index is 13.6. The first-order valence-electron chi connectivity index (χ1n) is 8.09. The van der Waals surface area contributed by atoms with Crippen LogP contribution in [0.4, 0.5) is 9.18 Å². The second kappa shape index (κ2) is 10.9. The number of carbonyl (C=O) groups is 2. The smallest absolute Gasteiger partial charge is 0.407 e. The van der Waals surface area contributed by atoms with Crippen molar-refractivity contribution in [2.75, 3.05) is 19.8 Å². The molecule has 0 bridgehead atoms. The van der Waals surface area contributed by atoms with Crippen LogP contribution in [0.3, 0.4) is 0 Å². The van der Waals surface area contributed by atoms with Gasteiger partial charge in [0.25, 0.3) is 5.91 Å². The highest BCUT2D eigenvalue weighted by atomic mass is 79.9. The molecule has 140 valence electrons. The van der Waals surface area contributed by atoms with Crippen molar-refractivity contribution in [2.24, 2.45) is 5.92 Å². The summed E-state index contributed by atoms with van der Waals surface area (Å²) in [5.74, 6) is -0.621. The predicted molar refractivity (Wildman–Crippen MR) is 96.0 cm³/mol. The number of alkyl carbamates (subject to hydrolysis) is 1. The third-order valence-electron chi connectivity index (χ3n) is 3.15. The molecule has 1 aromatic rings. The van der Waals surface area contributed by atoms with E-state index in [0.29, 0.717) is 16.8 Å². The minimum absolute atomic E-state index is 0.00160. The zero-order chi connectivity index (χ0) is 18.8. The Kier molecular flexibility index (Phi) is 9.26. The van der Waals surface area contributed by atoms with Crippen LogP contribution in [-0.4, -0.2) is 37.8 Å². The number of rotatable bonds is 9. The summed E-state index contributed by atoms with van der Waals surface area (Å²) in [4.78, 5) is 23.4. The van der Waals surface area contributed by atoms with Gasteiger partial charge in [0.1, 0.15) is 0 Å². The van der Waals surface area contributed by atoms with E-state index in [9.17, 15) is 14.0 Å². The number of hydrogen-bond donors (Lipinski definition) is 2. The summed E-state index contributed by atoms with van der Waals surface area (Å²) < 4.78 is 24.2. The number of hydrogen-bond acceptors (Lipinski definition) is 4. The molecule has 1 rings (SSSR count). The lowest BCUT2D eigenvalue weighted by molar-refractivity contribution is -0.123. The summed E-state index contributed by atoms with van der Waals surface area (Å²) in [6.07, 6.45) is 0.164. The van der Waals surface area contributed by atoms with Gasteiger partial charge in [-0.3, -0.25) is 4.79 Å². The molecule has 2 N–H and O–H groups in total. The summed E-state index contributed by atoms with van der Waals surface area (Å²) in [6, 6.07) is 4.07. The Morgan fingerprint density at radius 3 is 2.64 bits per heavy atom. The number of benzene rings is 1. The number of nitrogens with one attached hydrogen (secondary N) is 2. The molecule has 0 aliphatic carbocycles. The van der Waals surface area contributed by atoms with Crippen LogP contribution >= 0.6 is 15.9 Å².